The molecular weight excluding hydrogens is 227 g/mol. The largest absolute Gasteiger partial charge is 0.369 e. The fourth-order valence-electron chi connectivity index (χ4n) is 2.52. The molecule has 0 spiro atoms. The number of rotatable bonds is 4. The third-order valence-corrected chi connectivity index (χ3v) is 3.73. The first kappa shape index (κ1) is 13.3. The van der Waals surface area contributed by atoms with Gasteiger partial charge in [-0.25, -0.2) is 4.39 Å². The normalized spacial score (nSPS) is 17.8. The standard InChI is InChI=1S/C15H23FN2/c1-2-13(17)10-12-6-7-15(14(16)11-12)18-8-4-3-5-9-18/h6-7,11,13H,2-5,8-10,17H2,1H3. The van der Waals surface area contributed by atoms with Crippen molar-refractivity contribution in [2.75, 3.05) is 18.0 Å². The van der Waals surface area contributed by atoms with Gasteiger partial charge in [-0.2, -0.15) is 0 Å². The highest BCUT2D eigenvalue weighted by molar-refractivity contribution is 5.49. The summed E-state index contributed by atoms with van der Waals surface area (Å²) in [5.74, 6) is -0.0993. The lowest BCUT2D eigenvalue weighted by Gasteiger charge is -2.29. The van der Waals surface area contributed by atoms with Crippen molar-refractivity contribution in [2.45, 2.75) is 45.1 Å². The summed E-state index contributed by atoms with van der Waals surface area (Å²) in [7, 11) is 0. The van der Waals surface area contributed by atoms with Crippen LogP contribution in [0.2, 0.25) is 0 Å². The Morgan fingerprint density at radius 3 is 2.61 bits per heavy atom. The molecule has 1 aromatic rings. The predicted molar refractivity (Wildman–Crippen MR) is 74.4 cm³/mol. The van der Waals surface area contributed by atoms with Crippen molar-refractivity contribution in [3.8, 4) is 0 Å². The molecule has 0 aliphatic carbocycles. The van der Waals surface area contributed by atoms with Crippen molar-refractivity contribution in [3.05, 3.63) is 29.6 Å². The molecule has 1 aromatic carbocycles. The number of hydrogen-bond donors (Lipinski definition) is 1. The van der Waals surface area contributed by atoms with Crippen LogP contribution >= 0.6 is 0 Å². The third kappa shape index (κ3) is 3.22. The minimum Gasteiger partial charge on any atom is -0.369 e. The second-order valence-electron chi connectivity index (χ2n) is 5.21. The molecule has 3 heteroatoms. The van der Waals surface area contributed by atoms with Crippen LogP contribution in [0.4, 0.5) is 10.1 Å². The minimum atomic E-state index is -0.0993. The van der Waals surface area contributed by atoms with Crippen LogP contribution in [0.5, 0.6) is 0 Å². The van der Waals surface area contributed by atoms with Gasteiger partial charge in [0.15, 0.2) is 0 Å². The van der Waals surface area contributed by atoms with Crippen molar-refractivity contribution in [1.29, 1.82) is 0 Å². The van der Waals surface area contributed by atoms with Crippen molar-refractivity contribution in [3.63, 3.8) is 0 Å². The summed E-state index contributed by atoms with van der Waals surface area (Å²) in [6.45, 7) is 4.01. The molecule has 18 heavy (non-hydrogen) atoms. The van der Waals surface area contributed by atoms with Gasteiger partial charge in [-0.05, 0) is 49.8 Å². The fraction of sp³-hybridized carbons (Fsp3) is 0.600. The fourth-order valence-corrected chi connectivity index (χ4v) is 2.52. The molecule has 1 atom stereocenters. The lowest BCUT2D eigenvalue weighted by atomic mass is 10.0. The zero-order valence-electron chi connectivity index (χ0n) is 11.2. The molecule has 0 radical (unpaired) electrons. The Hall–Kier alpha value is -1.09. The van der Waals surface area contributed by atoms with Crippen molar-refractivity contribution < 1.29 is 4.39 Å². The van der Waals surface area contributed by atoms with E-state index in [1.54, 1.807) is 6.07 Å². The Kier molecular flexibility index (Phi) is 4.59. The average Bonchev–Trinajstić information content (AvgIpc) is 2.40. The van der Waals surface area contributed by atoms with Gasteiger partial charge in [0.25, 0.3) is 0 Å². The van der Waals surface area contributed by atoms with E-state index in [-0.39, 0.29) is 11.9 Å². The Bertz CT molecular complexity index is 386. The summed E-state index contributed by atoms with van der Waals surface area (Å²) in [5.41, 5.74) is 7.66. The number of piperidine rings is 1. The lowest BCUT2D eigenvalue weighted by Crippen LogP contribution is -2.30. The highest BCUT2D eigenvalue weighted by Crippen LogP contribution is 2.24. The summed E-state index contributed by atoms with van der Waals surface area (Å²) < 4.78 is 14.1. The summed E-state index contributed by atoms with van der Waals surface area (Å²) in [5, 5.41) is 0. The molecule has 0 aromatic heterocycles. The van der Waals surface area contributed by atoms with Crippen LogP contribution in [-0.2, 0) is 6.42 Å². The number of benzene rings is 1. The number of anilines is 1. The molecule has 1 fully saturated rings. The van der Waals surface area contributed by atoms with Gasteiger partial charge in [-0.1, -0.05) is 13.0 Å². The lowest BCUT2D eigenvalue weighted by molar-refractivity contribution is 0.555. The van der Waals surface area contributed by atoms with Crippen LogP contribution in [0, 0.1) is 5.82 Å². The first-order valence-corrected chi connectivity index (χ1v) is 6.99. The SMILES string of the molecule is CCC(N)Cc1ccc(N2CCCCC2)c(F)c1. The number of halogens is 1. The van der Waals surface area contributed by atoms with Crippen LogP contribution in [0.1, 0.15) is 38.2 Å². The monoisotopic (exact) mass is 250 g/mol. The molecular formula is C15H23FN2. The number of hydrogen-bond acceptors (Lipinski definition) is 2. The van der Waals surface area contributed by atoms with Gasteiger partial charge in [-0.15, -0.1) is 0 Å². The molecule has 100 valence electrons. The second kappa shape index (κ2) is 6.19. The molecule has 2 nitrogen and oxygen atoms in total. The van der Waals surface area contributed by atoms with Gasteiger partial charge >= 0.3 is 0 Å². The van der Waals surface area contributed by atoms with Gasteiger partial charge in [0.1, 0.15) is 5.82 Å². The van der Waals surface area contributed by atoms with Crippen LogP contribution < -0.4 is 10.6 Å². The van der Waals surface area contributed by atoms with E-state index in [1.807, 2.05) is 12.1 Å². The van der Waals surface area contributed by atoms with E-state index < -0.39 is 0 Å². The van der Waals surface area contributed by atoms with E-state index in [1.165, 1.54) is 19.3 Å². The second-order valence-corrected chi connectivity index (χ2v) is 5.21. The predicted octanol–water partition coefficient (Wildman–Crippen LogP) is 3.10. The highest BCUT2D eigenvalue weighted by atomic mass is 19.1. The maximum atomic E-state index is 14.1. The van der Waals surface area contributed by atoms with E-state index >= 15 is 0 Å². The maximum absolute atomic E-state index is 14.1. The van der Waals surface area contributed by atoms with Crippen LogP contribution in [-0.4, -0.2) is 19.1 Å². The molecule has 1 heterocycles. The van der Waals surface area contributed by atoms with Gasteiger partial charge in [0.05, 0.1) is 5.69 Å². The Morgan fingerprint density at radius 1 is 1.28 bits per heavy atom. The van der Waals surface area contributed by atoms with Crippen molar-refractivity contribution >= 4 is 5.69 Å². The number of nitrogens with two attached hydrogens (primary N) is 1. The molecule has 2 rings (SSSR count). The van der Waals surface area contributed by atoms with Crippen LogP contribution in [0.25, 0.3) is 0 Å². The van der Waals surface area contributed by atoms with Crippen LogP contribution in [0.3, 0.4) is 0 Å². The summed E-state index contributed by atoms with van der Waals surface area (Å²) in [6, 6.07) is 5.71. The summed E-state index contributed by atoms with van der Waals surface area (Å²) >= 11 is 0. The van der Waals surface area contributed by atoms with E-state index in [0.29, 0.717) is 0 Å². The van der Waals surface area contributed by atoms with Crippen molar-refractivity contribution in [1.82, 2.24) is 0 Å². The van der Waals surface area contributed by atoms with E-state index in [2.05, 4.69) is 11.8 Å². The Labute approximate surface area is 109 Å². The van der Waals surface area contributed by atoms with Gasteiger partial charge in [0.2, 0.25) is 0 Å². The molecule has 1 saturated heterocycles. The molecule has 1 unspecified atom stereocenters. The topological polar surface area (TPSA) is 29.3 Å². The zero-order valence-corrected chi connectivity index (χ0v) is 11.2. The minimum absolute atomic E-state index is 0.0993. The number of nitrogens with zero attached hydrogens (tertiary/aromatic N) is 1. The van der Waals surface area contributed by atoms with Crippen LogP contribution in [0.15, 0.2) is 18.2 Å². The van der Waals surface area contributed by atoms with Gasteiger partial charge in [-0.3, -0.25) is 0 Å². The Morgan fingerprint density at radius 2 is 2.00 bits per heavy atom. The first-order valence-electron chi connectivity index (χ1n) is 6.99. The molecule has 0 bridgehead atoms. The van der Waals surface area contributed by atoms with E-state index in [4.69, 9.17) is 5.73 Å². The maximum Gasteiger partial charge on any atom is 0.146 e. The van der Waals surface area contributed by atoms with Gasteiger partial charge < -0.3 is 10.6 Å². The zero-order chi connectivity index (χ0) is 13.0. The van der Waals surface area contributed by atoms with E-state index in [9.17, 15) is 4.39 Å². The van der Waals surface area contributed by atoms with Gasteiger partial charge in [0, 0.05) is 19.1 Å². The molecule has 1 aliphatic rings. The summed E-state index contributed by atoms with van der Waals surface area (Å²) in [6.07, 6.45) is 5.29. The summed E-state index contributed by atoms with van der Waals surface area (Å²) in [4.78, 5) is 2.16. The highest BCUT2D eigenvalue weighted by Gasteiger charge is 2.15. The third-order valence-electron chi connectivity index (χ3n) is 3.73. The quantitative estimate of drug-likeness (QED) is 0.889. The average molecular weight is 250 g/mol. The van der Waals surface area contributed by atoms with Crippen molar-refractivity contribution in [2.24, 2.45) is 5.73 Å². The molecule has 0 amide bonds. The molecule has 0 saturated carbocycles. The molecule has 2 N–H and O–H groups in total. The van der Waals surface area contributed by atoms with E-state index in [0.717, 1.165) is 37.2 Å². The first-order chi connectivity index (χ1) is 8.70. The molecule has 1 aliphatic heterocycles. The Balaban J connectivity index is 2.09. The smallest absolute Gasteiger partial charge is 0.146 e.